The molecule has 0 N–H and O–H groups in total. The van der Waals surface area contributed by atoms with E-state index in [9.17, 15) is 8.78 Å². The molecule has 4 heterocycles. The van der Waals surface area contributed by atoms with E-state index in [1.54, 1.807) is 0 Å². The third-order valence-corrected chi connectivity index (χ3v) is 7.14. The van der Waals surface area contributed by atoms with Crippen molar-refractivity contribution in [3.05, 3.63) is 35.0 Å². The largest absolute Gasteiger partial charge is 0.370 e. The highest BCUT2D eigenvalue weighted by atomic mass is 19.3. The third-order valence-electron chi connectivity index (χ3n) is 7.14. The minimum Gasteiger partial charge on any atom is -0.370 e. The van der Waals surface area contributed by atoms with Crippen LogP contribution in [-0.2, 0) is 4.74 Å². The Bertz CT molecular complexity index is 1190. The van der Waals surface area contributed by atoms with Crippen molar-refractivity contribution in [2.75, 3.05) is 24.6 Å². The van der Waals surface area contributed by atoms with Crippen molar-refractivity contribution >= 4 is 17.1 Å². The van der Waals surface area contributed by atoms with Crippen molar-refractivity contribution in [3.63, 3.8) is 0 Å². The second kappa shape index (κ2) is 7.93. The van der Waals surface area contributed by atoms with Gasteiger partial charge in [0.15, 0.2) is 5.65 Å². The van der Waals surface area contributed by atoms with Crippen LogP contribution >= 0.6 is 0 Å². The molecule has 3 aromatic heterocycles. The van der Waals surface area contributed by atoms with Crippen LogP contribution in [0.1, 0.15) is 66.4 Å². The van der Waals surface area contributed by atoms with Gasteiger partial charge >= 0.3 is 0 Å². The summed E-state index contributed by atoms with van der Waals surface area (Å²) < 4.78 is 34.3. The molecule has 2 aliphatic carbocycles. The lowest BCUT2D eigenvalue weighted by molar-refractivity contribution is 0.0220. The van der Waals surface area contributed by atoms with Crippen LogP contribution in [0.2, 0.25) is 0 Å². The van der Waals surface area contributed by atoms with Gasteiger partial charge in [-0.1, -0.05) is 0 Å². The predicted octanol–water partition coefficient (Wildman–Crippen LogP) is 3.90. The van der Waals surface area contributed by atoms with Crippen molar-refractivity contribution in [2.45, 2.75) is 64.0 Å². The molecule has 0 bridgehead atoms. The number of alkyl halides is 2. The van der Waals surface area contributed by atoms with Gasteiger partial charge in [-0.05, 0) is 39.5 Å². The Labute approximate surface area is 190 Å². The van der Waals surface area contributed by atoms with Crippen molar-refractivity contribution in [1.29, 1.82) is 0 Å². The molecular weight excluding hydrogens is 428 g/mol. The van der Waals surface area contributed by atoms with Crippen molar-refractivity contribution in [2.24, 2.45) is 5.92 Å². The molecule has 0 amide bonds. The van der Waals surface area contributed by atoms with Crippen LogP contribution in [0.4, 0.5) is 14.7 Å². The van der Waals surface area contributed by atoms with Crippen LogP contribution in [0, 0.1) is 19.8 Å². The molecule has 6 rings (SSSR count). The molecule has 174 valence electrons. The number of aryl methyl sites for hydroxylation is 2. The van der Waals surface area contributed by atoms with Gasteiger partial charge in [-0.25, -0.2) is 23.7 Å². The zero-order valence-electron chi connectivity index (χ0n) is 18.8. The van der Waals surface area contributed by atoms with Gasteiger partial charge in [0.05, 0.1) is 42.5 Å². The quantitative estimate of drug-likeness (QED) is 0.577. The van der Waals surface area contributed by atoms with Gasteiger partial charge in [0, 0.05) is 30.1 Å². The normalized spacial score (nSPS) is 25.6. The highest BCUT2D eigenvalue weighted by molar-refractivity contribution is 5.75. The topological polar surface area (TPSA) is 81.9 Å². The summed E-state index contributed by atoms with van der Waals surface area (Å²) >= 11 is 0. The third kappa shape index (κ3) is 3.84. The summed E-state index contributed by atoms with van der Waals surface area (Å²) in [4.78, 5) is 21.1. The summed E-state index contributed by atoms with van der Waals surface area (Å²) in [7, 11) is 0. The summed E-state index contributed by atoms with van der Waals surface area (Å²) in [6, 6.07) is 0.523. The number of hydrogen-bond acceptors (Lipinski definition) is 7. The first-order valence-electron chi connectivity index (χ1n) is 11.7. The molecule has 3 aliphatic rings. The van der Waals surface area contributed by atoms with E-state index >= 15 is 0 Å². The molecule has 3 fully saturated rings. The second-order valence-electron chi connectivity index (χ2n) is 9.53. The minimum absolute atomic E-state index is 0.0433. The van der Waals surface area contributed by atoms with Crippen LogP contribution in [-0.4, -0.2) is 55.8 Å². The highest BCUT2D eigenvalue weighted by Crippen LogP contribution is 2.45. The van der Waals surface area contributed by atoms with E-state index in [2.05, 4.69) is 21.2 Å². The molecule has 1 aliphatic heterocycles. The summed E-state index contributed by atoms with van der Waals surface area (Å²) in [5, 5.41) is 4.49. The number of nitrogens with zero attached hydrogens (tertiary/aromatic N) is 7. The number of rotatable bonds is 5. The molecule has 8 nitrogen and oxygen atoms in total. The van der Waals surface area contributed by atoms with Gasteiger partial charge in [0.2, 0.25) is 12.4 Å². The van der Waals surface area contributed by atoms with Gasteiger partial charge in [0.25, 0.3) is 0 Å². The van der Waals surface area contributed by atoms with Crippen LogP contribution in [0.25, 0.3) is 11.2 Å². The van der Waals surface area contributed by atoms with E-state index in [-0.39, 0.29) is 12.0 Å². The molecule has 1 saturated heterocycles. The Morgan fingerprint density at radius 1 is 1.06 bits per heavy atom. The molecule has 0 aromatic carbocycles. The fourth-order valence-electron chi connectivity index (χ4n) is 4.73. The van der Waals surface area contributed by atoms with Gasteiger partial charge < -0.3 is 9.64 Å². The van der Waals surface area contributed by atoms with Gasteiger partial charge in [0.1, 0.15) is 11.6 Å². The molecule has 1 atom stereocenters. The van der Waals surface area contributed by atoms with Crippen LogP contribution < -0.4 is 4.90 Å². The van der Waals surface area contributed by atoms with E-state index in [4.69, 9.17) is 19.7 Å². The Morgan fingerprint density at radius 2 is 1.85 bits per heavy atom. The molecule has 0 unspecified atom stereocenters. The molecule has 0 spiro atoms. The van der Waals surface area contributed by atoms with E-state index in [1.807, 2.05) is 24.7 Å². The zero-order valence-corrected chi connectivity index (χ0v) is 18.8. The highest BCUT2D eigenvalue weighted by Gasteiger charge is 2.39. The lowest BCUT2D eigenvalue weighted by Crippen LogP contribution is -2.39. The van der Waals surface area contributed by atoms with Gasteiger partial charge in [-0.3, -0.25) is 4.68 Å². The maximum atomic E-state index is 13.1. The lowest BCUT2D eigenvalue weighted by atomic mass is 9.73. The second-order valence-corrected chi connectivity index (χ2v) is 9.53. The first-order chi connectivity index (χ1) is 16.0. The molecule has 10 heteroatoms. The van der Waals surface area contributed by atoms with E-state index in [1.165, 1.54) is 12.8 Å². The first kappa shape index (κ1) is 20.8. The van der Waals surface area contributed by atoms with E-state index < -0.39 is 12.3 Å². The number of anilines is 1. The van der Waals surface area contributed by atoms with Crippen LogP contribution in [0.3, 0.4) is 0 Å². The van der Waals surface area contributed by atoms with Crippen molar-refractivity contribution in [3.8, 4) is 0 Å². The van der Waals surface area contributed by atoms with Gasteiger partial charge in [-0.2, -0.15) is 10.1 Å². The molecular formula is C23H27F2N7O. The number of aromatic nitrogens is 6. The Balaban J connectivity index is 1.32. The van der Waals surface area contributed by atoms with Crippen LogP contribution in [0.15, 0.2) is 12.4 Å². The number of morpholine rings is 1. The Hall–Kier alpha value is -2.75. The number of ether oxygens (including phenoxy) is 1. The average Bonchev–Trinajstić information content (AvgIpc) is 3.50. The molecule has 2 saturated carbocycles. The molecule has 3 aromatic rings. The van der Waals surface area contributed by atoms with Gasteiger partial charge in [-0.15, -0.1) is 0 Å². The molecule has 0 radical (unpaired) electrons. The predicted molar refractivity (Wildman–Crippen MR) is 117 cm³/mol. The number of fused-ring (bicyclic) bond motifs is 1. The van der Waals surface area contributed by atoms with Crippen molar-refractivity contribution in [1.82, 2.24) is 29.7 Å². The Kier molecular flexibility index (Phi) is 5.01. The van der Waals surface area contributed by atoms with Crippen molar-refractivity contribution < 1.29 is 13.5 Å². The first-order valence-corrected chi connectivity index (χ1v) is 11.7. The summed E-state index contributed by atoms with van der Waals surface area (Å²) in [5.74, 6) is -0.0459. The van der Waals surface area contributed by atoms with E-state index in [0.29, 0.717) is 55.7 Å². The summed E-state index contributed by atoms with van der Waals surface area (Å²) in [5.41, 5.74) is 4.58. The fourth-order valence-corrected chi connectivity index (χ4v) is 4.73. The smallest absolute Gasteiger partial charge is 0.241 e. The molecule has 33 heavy (non-hydrogen) atoms. The maximum Gasteiger partial charge on any atom is 0.241 e. The zero-order chi connectivity index (χ0) is 22.7. The SMILES string of the molecule is Cc1nc2nc(N3CCO[C@@H](c4cnn(C5CC5)c4)C3)nc([C@H]3C[C@H](C(F)F)C3)c2nc1C. The maximum absolute atomic E-state index is 13.1. The lowest BCUT2D eigenvalue weighted by Gasteiger charge is -2.36. The Morgan fingerprint density at radius 3 is 2.61 bits per heavy atom. The number of hydrogen-bond donors (Lipinski definition) is 0. The minimum atomic E-state index is -2.29. The standard InChI is InChI=1S/C23H27F2N7O/c1-12-13(2)28-22-20(27-12)19(14-7-15(8-14)21(24)25)29-23(30-22)31-5-6-33-18(11-31)16-9-26-32(10-16)17-3-4-17/h9-10,14-15,17-18,21H,3-8,11H2,1-2H3/t14-,15-,18-/m1/s1. The summed E-state index contributed by atoms with van der Waals surface area (Å²) in [6.45, 7) is 5.61. The average molecular weight is 456 g/mol. The van der Waals surface area contributed by atoms with Crippen LogP contribution in [0.5, 0.6) is 0 Å². The monoisotopic (exact) mass is 455 g/mol. The number of halogens is 2. The summed E-state index contributed by atoms with van der Waals surface area (Å²) in [6.07, 6.45) is 4.76. The fraction of sp³-hybridized carbons (Fsp3) is 0.609. The van der Waals surface area contributed by atoms with E-state index in [0.717, 1.165) is 22.6 Å².